The van der Waals surface area contributed by atoms with Gasteiger partial charge in [0.15, 0.2) is 11.6 Å². The predicted molar refractivity (Wildman–Crippen MR) is 140 cm³/mol. The van der Waals surface area contributed by atoms with Gasteiger partial charge in [-0.25, -0.2) is 4.68 Å². The fourth-order valence-electron chi connectivity index (χ4n) is 6.64. The zero-order valence-corrected chi connectivity index (χ0v) is 22.6. The lowest BCUT2D eigenvalue weighted by atomic mass is 9.92. The number of nitrogens with zero attached hydrogens (tertiary/aromatic N) is 6. The third-order valence-corrected chi connectivity index (χ3v) is 8.22. The molecule has 0 unspecified atom stereocenters. The van der Waals surface area contributed by atoms with Crippen LogP contribution in [0.5, 0.6) is 0 Å². The van der Waals surface area contributed by atoms with E-state index >= 15 is 0 Å². The molecule has 0 saturated carbocycles. The Bertz CT molecular complexity index is 875. The molecule has 2 fully saturated rings. The van der Waals surface area contributed by atoms with Crippen molar-refractivity contribution in [3.8, 4) is 0 Å². The number of aryl methyl sites for hydroxylation is 4. The Hall–Kier alpha value is -1.66. The summed E-state index contributed by atoms with van der Waals surface area (Å²) in [6, 6.07) is 5.81. The number of hydrogen-bond acceptors (Lipinski definition) is 4. The fraction of sp³-hybridized carbons (Fsp3) is 0.786. The van der Waals surface area contributed by atoms with E-state index in [4.69, 9.17) is 10.2 Å². The number of rotatable bonds is 9. The number of piperidine rings is 2. The Kier molecular flexibility index (Phi) is 8.52. The van der Waals surface area contributed by atoms with Crippen molar-refractivity contribution >= 4 is 0 Å². The molecule has 2 aliphatic rings. The molecule has 6 heteroatoms. The SMILES string of the molecule is Cc1ccc(C)n1-n1c(CCCN2C[C@@H](C)C[C@H](C)C2)nnc1CCCN1[C@@H](C)CCC[C@@H]1C. The minimum absolute atomic E-state index is 0.700. The van der Waals surface area contributed by atoms with Crippen molar-refractivity contribution in [2.24, 2.45) is 11.8 Å². The maximum atomic E-state index is 4.72. The Balaban J connectivity index is 1.43. The van der Waals surface area contributed by atoms with Gasteiger partial charge in [-0.1, -0.05) is 20.3 Å². The summed E-state index contributed by atoms with van der Waals surface area (Å²) < 4.78 is 4.65. The maximum Gasteiger partial charge on any atom is 0.153 e. The Labute approximate surface area is 207 Å². The van der Waals surface area contributed by atoms with Gasteiger partial charge in [-0.15, -0.1) is 10.2 Å². The van der Waals surface area contributed by atoms with Crippen molar-refractivity contribution in [3.05, 3.63) is 35.2 Å². The standard InChI is InChI=1S/C28H48N6/c1-21-18-22(2)20-31(19-21)16-8-12-27-29-30-28(34(27)33-25(5)14-15-26(33)6)13-9-17-32-23(3)10-7-11-24(32)4/h14-15,21-24H,7-13,16-20H2,1-6H3/t21-,22-,23-,24-/m0/s1. The summed E-state index contributed by atoms with van der Waals surface area (Å²) in [5.74, 6) is 3.84. The highest BCUT2D eigenvalue weighted by Crippen LogP contribution is 2.24. The number of likely N-dealkylation sites (tertiary alicyclic amines) is 2. The van der Waals surface area contributed by atoms with Crippen molar-refractivity contribution < 1.29 is 0 Å². The lowest BCUT2D eigenvalue weighted by Crippen LogP contribution is -2.44. The van der Waals surface area contributed by atoms with Crippen molar-refractivity contribution in [1.29, 1.82) is 0 Å². The van der Waals surface area contributed by atoms with Crippen LogP contribution < -0.4 is 0 Å². The van der Waals surface area contributed by atoms with Gasteiger partial charge in [-0.3, -0.25) is 9.58 Å². The van der Waals surface area contributed by atoms with E-state index < -0.39 is 0 Å². The average molecular weight is 469 g/mol. The van der Waals surface area contributed by atoms with Crippen LogP contribution in [-0.4, -0.2) is 67.6 Å². The highest BCUT2D eigenvalue weighted by molar-refractivity contribution is 5.16. The molecule has 2 aliphatic heterocycles. The van der Waals surface area contributed by atoms with Gasteiger partial charge in [0, 0.05) is 49.4 Å². The smallest absolute Gasteiger partial charge is 0.153 e. The molecule has 0 aromatic carbocycles. The van der Waals surface area contributed by atoms with E-state index in [1.54, 1.807) is 0 Å². The lowest BCUT2D eigenvalue weighted by molar-refractivity contribution is 0.102. The van der Waals surface area contributed by atoms with Crippen molar-refractivity contribution in [2.75, 3.05) is 26.2 Å². The van der Waals surface area contributed by atoms with Gasteiger partial charge in [0.2, 0.25) is 0 Å². The summed E-state index contributed by atoms with van der Waals surface area (Å²) in [4.78, 5) is 5.37. The third-order valence-electron chi connectivity index (χ3n) is 8.22. The summed E-state index contributed by atoms with van der Waals surface area (Å²) in [5, 5.41) is 9.45. The van der Waals surface area contributed by atoms with Crippen LogP contribution in [0, 0.1) is 25.7 Å². The third kappa shape index (κ3) is 5.93. The topological polar surface area (TPSA) is 42.1 Å². The molecule has 4 rings (SSSR count). The zero-order valence-electron chi connectivity index (χ0n) is 22.6. The predicted octanol–water partition coefficient (Wildman–Crippen LogP) is 5.11. The summed E-state index contributed by atoms with van der Waals surface area (Å²) in [6.07, 6.45) is 9.63. The molecule has 0 N–H and O–H groups in total. The lowest BCUT2D eigenvalue weighted by Gasteiger charge is -2.39. The maximum absolute atomic E-state index is 4.72. The quantitative estimate of drug-likeness (QED) is 0.513. The first-order valence-corrected chi connectivity index (χ1v) is 13.9. The molecule has 6 nitrogen and oxygen atoms in total. The van der Waals surface area contributed by atoms with E-state index in [-0.39, 0.29) is 0 Å². The molecule has 0 spiro atoms. The van der Waals surface area contributed by atoms with Crippen molar-refractivity contribution in [1.82, 2.24) is 29.3 Å². The Morgan fingerprint density at radius 1 is 0.765 bits per heavy atom. The summed E-state index contributed by atoms with van der Waals surface area (Å²) >= 11 is 0. The van der Waals surface area contributed by atoms with Crippen LogP contribution in [-0.2, 0) is 12.8 Å². The number of aromatic nitrogens is 4. The molecule has 0 bridgehead atoms. The van der Waals surface area contributed by atoms with E-state index in [2.05, 4.69) is 72.8 Å². The van der Waals surface area contributed by atoms with Crippen molar-refractivity contribution in [3.63, 3.8) is 0 Å². The molecule has 0 aliphatic carbocycles. The van der Waals surface area contributed by atoms with Crippen LogP contribution in [0.2, 0.25) is 0 Å². The largest absolute Gasteiger partial charge is 0.303 e. The highest BCUT2D eigenvalue weighted by Gasteiger charge is 2.25. The molecule has 2 aromatic rings. The highest BCUT2D eigenvalue weighted by atomic mass is 15.5. The Morgan fingerprint density at radius 2 is 1.29 bits per heavy atom. The van der Waals surface area contributed by atoms with Gasteiger partial charge in [-0.2, -0.15) is 0 Å². The van der Waals surface area contributed by atoms with Gasteiger partial charge in [0.1, 0.15) is 0 Å². The van der Waals surface area contributed by atoms with Crippen LogP contribution >= 0.6 is 0 Å². The molecular weight excluding hydrogens is 420 g/mol. The molecule has 2 saturated heterocycles. The van der Waals surface area contributed by atoms with Gasteiger partial charge < -0.3 is 4.90 Å². The molecule has 34 heavy (non-hydrogen) atoms. The monoisotopic (exact) mass is 468 g/mol. The van der Waals surface area contributed by atoms with E-state index in [0.29, 0.717) is 12.1 Å². The first kappa shape index (κ1) is 25.4. The van der Waals surface area contributed by atoms with Crippen LogP contribution in [0.25, 0.3) is 0 Å². The van der Waals surface area contributed by atoms with Crippen LogP contribution in [0.4, 0.5) is 0 Å². The second-order valence-corrected chi connectivity index (χ2v) is 11.6. The zero-order chi connectivity index (χ0) is 24.2. The van der Waals surface area contributed by atoms with Crippen LogP contribution in [0.15, 0.2) is 12.1 Å². The van der Waals surface area contributed by atoms with Gasteiger partial charge >= 0.3 is 0 Å². The molecule has 0 radical (unpaired) electrons. The van der Waals surface area contributed by atoms with E-state index in [9.17, 15) is 0 Å². The Morgan fingerprint density at radius 3 is 1.85 bits per heavy atom. The average Bonchev–Trinajstić information content (AvgIpc) is 3.31. The first-order chi connectivity index (χ1) is 16.3. The summed E-state index contributed by atoms with van der Waals surface area (Å²) in [5.41, 5.74) is 2.49. The molecule has 190 valence electrons. The van der Waals surface area contributed by atoms with E-state index in [1.807, 2.05) is 0 Å². The molecule has 0 amide bonds. The molecular formula is C28H48N6. The van der Waals surface area contributed by atoms with Gasteiger partial charge in [0.25, 0.3) is 0 Å². The van der Waals surface area contributed by atoms with Crippen LogP contribution in [0.1, 0.15) is 89.3 Å². The van der Waals surface area contributed by atoms with Gasteiger partial charge in [0.05, 0.1) is 0 Å². The first-order valence-electron chi connectivity index (χ1n) is 13.9. The summed E-state index contributed by atoms with van der Waals surface area (Å²) in [7, 11) is 0. The van der Waals surface area contributed by atoms with Crippen LogP contribution in [0.3, 0.4) is 0 Å². The molecule has 2 aromatic heterocycles. The van der Waals surface area contributed by atoms with E-state index in [1.165, 1.54) is 50.2 Å². The molecule has 4 atom stereocenters. The summed E-state index contributed by atoms with van der Waals surface area (Å²) in [6.45, 7) is 18.8. The fourth-order valence-corrected chi connectivity index (χ4v) is 6.64. The second kappa shape index (κ2) is 11.4. The normalized spacial score (nSPS) is 26.9. The van der Waals surface area contributed by atoms with Crippen molar-refractivity contribution in [2.45, 2.75) is 105 Å². The number of hydrogen-bond donors (Lipinski definition) is 0. The van der Waals surface area contributed by atoms with Gasteiger partial charge in [-0.05, 0) is 96.9 Å². The second-order valence-electron chi connectivity index (χ2n) is 11.6. The minimum atomic E-state index is 0.700. The van der Waals surface area contributed by atoms with E-state index in [0.717, 1.165) is 62.3 Å². The molecule has 4 heterocycles. The minimum Gasteiger partial charge on any atom is -0.303 e.